The molecule has 0 aliphatic heterocycles. The lowest BCUT2D eigenvalue weighted by Crippen LogP contribution is -2.14. The van der Waals surface area contributed by atoms with Crippen LogP contribution in [0, 0.1) is 0 Å². The highest BCUT2D eigenvalue weighted by molar-refractivity contribution is 9.11. The summed E-state index contributed by atoms with van der Waals surface area (Å²) in [5, 5.41) is 7.13. The van der Waals surface area contributed by atoms with Gasteiger partial charge in [0.15, 0.2) is 5.16 Å². The van der Waals surface area contributed by atoms with Crippen LogP contribution in [0.25, 0.3) is 0 Å². The molecule has 0 aromatic carbocycles. The summed E-state index contributed by atoms with van der Waals surface area (Å²) in [5.41, 5.74) is 5.55. The van der Waals surface area contributed by atoms with E-state index in [0.717, 1.165) is 3.79 Å². The molecule has 2 rings (SSSR count). The smallest absolute Gasteiger partial charge is 0.329 e. The molecule has 5 nitrogen and oxygen atoms in total. The van der Waals surface area contributed by atoms with Crippen molar-refractivity contribution in [3.05, 3.63) is 31.3 Å². The molecule has 1 atom stereocenters. The van der Waals surface area contributed by atoms with E-state index in [9.17, 15) is 4.79 Å². The number of nitrogens with two attached hydrogens (primary N) is 1. The number of aromatic nitrogens is 3. The number of thioether (sulfide) groups is 1. The molecule has 17 heavy (non-hydrogen) atoms. The monoisotopic (exact) mass is 334 g/mol. The number of aromatic amines is 1. The Hall–Kier alpha value is -0.570. The van der Waals surface area contributed by atoms with Crippen molar-refractivity contribution in [3.8, 4) is 0 Å². The first-order valence-corrected chi connectivity index (χ1v) is 7.34. The third-order valence-corrected chi connectivity index (χ3v) is 5.41. The summed E-state index contributed by atoms with van der Waals surface area (Å²) in [7, 11) is 1.69. The summed E-state index contributed by atoms with van der Waals surface area (Å²) in [6, 6.07) is 4.02. The van der Waals surface area contributed by atoms with Crippen LogP contribution in [0.15, 0.2) is 25.9 Å². The molecule has 0 bridgehead atoms. The Balaban J connectivity index is 2.21. The number of hydrogen-bond acceptors (Lipinski definition) is 5. The summed E-state index contributed by atoms with van der Waals surface area (Å²) in [4.78, 5) is 12.4. The van der Waals surface area contributed by atoms with Gasteiger partial charge in [0.1, 0.15) is 0 Å². The van der Waals surface area contributed by atoms with Crippen LogP contribution in [0.5, 0.6) is 0 Å². The average molecular weight is 335 g/mol. The van der Waals surface area contributed by atoms with E-state index in [1.807, 2.05) is 12.1 Å². The van der Waals surface area contributed by atoms with Gasteiger partial charge in [-0.1, -0.05) is 11.8 Å². The van der Waals surface area contributed by atoms with Crippen molar-refractivity contribution < 1.29 is 0 Å². The Bertz CT molecular complexity index is 561. The summed E-state index contributed by atoms with van der Waals surface area (Å²) >= 11 is 6.56. The van der Waals surface area contributed by atoms with Crippen LogP contribution in [-0.2, 0) is 7.05 Å². The number of halogens is 1. The Kier molecular flexibility index (Phi) is 4.08. The number of rotatable bonds is 4. The largest absolute Gasteiger partial charge is 0.343 e. The Labute approximate surface area is 115 Å². The lowest BCUT2D eigenvalue weighted by atomic mass is 10.3. The fourth-order valence-electron chi connectivity index (χ4n) is 1.29. The molecule has 8 heteroatoms. The number of nitrogens with zero attached hydrogens (tertiary/aromatic N) is 2. The van der Waals surface area contributed by atoms with Gasteiger partial charge in [0.2, 0.25) is 0 Å². The minimum absolute atomic E-state index is 0.111. The fraction of sp³-hybridized carbons (Fsp3) is 0.333. The molecule has 0 fully saturated rings. The number of thiophene rings is 1. The van der Waals surface area contributed by atoms with Gasteiger partial charge in [0, 0.05) is 18.5 Å². The summed E-state index contributed by atoms with van der Waals surface area (Å²) in [6.45, 7) is 0.499. The zero-order valence-electron chi connectivity index (χ0n) is 9.01. The van der Waals surface area contributed by atoms with Crippen LogP contribution >= 0.6 is 39.0 Å². The van der Waals surface area contributed by atoms with Crippen molar-refractivity contribution in [2.24, 2.45) is 12.8 Å². The molecular formula is C9H11BrN4OS2. The van der Waals surface area contributed by atoms with Crippen molar-refractivity contribution in [2.45, 2.75) is 10.4 Å². The number of nitrogens with one attached hydrogen (secondary N) is 1. The highest BCUT2D eigenvalue weighted by Crippen LogP contribution is 2.37. The van der Waals surface area contributed by atoms with E-state index >= 15 is 0 Å². The predicted octanol–water partition coefficient (Wildman–Crippen LogP) is 1.72. The second-order valence-corrected chi connectivity index (χ2v) is 7.02. The first-order chi connectivity index (χ1) is 8.11. The SMILES string of the molecule is Cn1c(SC(CN)c2ccc(Br)s2)n[nH]c1=O. The second kappa shape index (κ2) is 5.38. The molecule has 0 amide bonds. The molecule has 2 heterocycles. The second-order valence-electron chi connectivity index (χ2n) is 3.35. The summed E-state index contributed by atoms with van der Waals surface area (Å²) in [6.07, 6.45) is 0. The van der Waals surface area contributed by atoms with Gasteiger partial charge < -0.3 is 5.73 Å². The topological polar surface area (TPSA) is 76.7 Å². The van der Waals surface area contributed by atoms with Crippen LogP contribution < -0.4 is 11.4 Å². The van der Waals surface area contributed by atoms with Crippen molar-refractivity contribution >= 4 is 39.0 Å². The maximum absolute atomic E-state index is 11.2. The minimum Gasteiger partial charge on any atom is -0.329 e. The molecular weight excluding hydrogens is 324 g/mol. The number of H-pyrrole nitrogens is 1. The molecule has 2 aromatic heterocycles. The molecule has 0 radical (unpaired) electrons. The minimum atomic E-state index is -0.212. The summed E-state index contributed by atoms with van der Waals surface area (Å²) < 4.78 is 2.55. The molecule has 92 valence electrons. The van der Waals surface area contributed by atoms with Gasteiger partial charge in [-0.15, -0.1) is 16.4 Å². The highest BCUT2D eigenvalue weighted by atomic mass is 79.9. The van der Waals surface area contributed by atoms with Crippen LogP contribution in [0.1, 0.15) is 10.1 Å². The van der Waals surface area contributed by atoms with Crippen molar-refractivity contribution in [3.63, 3.8) is 0 Å². The van der Waals surface area contributed by atoms with Crippen LogP contribution in [-0.4, -0.2) is 21.3 Å². The molecule has 0 spiro atoms. The van der Waals surface area contributed by atoms with Crippen LogP contribution in [0.3, 0.4) is 0 Å². The molecule has 2 aromatic rings. The first-order valence-electron chi connectivity index (χ1n) is 4.85. The fourth-order valence-corrected chi connectivity index (χ4v) is 3.88. The molecule has 0 aliphatic carbocycles. The zero-order chi connectivity index (χ0) is 12.4. The Morgan fingerprint density at radius 3 is 2.94 bits per heavy atom. The van der Waals surface area contributed by atoms with Gasteiger partial charge in [-0.25, -0.2) is 9.89 Å². The van der Waals surface area contributed by atoms with E-state index in [-0.39, 0.29) is 10.9 Å². The van der Waals surface area contributed by atoms with Gasteiger partial charge in [-0.05, 0) is 28.1 Å². The zero-order valence-corrected chi connectivity index (χ0v) is 12.2. The molecule has 1 unspecified atom stereocenters. The van der Waals surface area contributed by atoms with E-state index in [0.29, 0.717) is 11.7 Å². The molecule has 3 N–H and O–H groups in total. The van der Waals surface area contributed by atoms with Gasteiger partial charge in [0.05, 0.1) is 9.04 Å². The van der Waals surface area contributed by atoms with Crippen LogP contribution in [0.4, 0.5) is 0 Å². The van der Waals surface area contributed by atoms with E-state index in [1.165, 1.54) is 21.2 Å². The van der Waals surface area contributed by atoms with Crippen LogP contribution in [0.2, 0.25) is 0 Å². The van der Waals surface area contributed by atoms with E-state index in [2.05, 4.69) is 26.1 Å². The van der Waals surface area contributed by atoms with Crippen molar-refractivity contribution in [1.82, 2.24) is 14.8 Å². The Morgan fingerprint density at radius 2 is 2.47 bits per heavy atom. The average Bonchev–Trinajstić information content (AvgIpc) is 2.86. The van der Waals surface area contributed by atoms with Gasteiger partial charge >= 0.3 is 5.69 Å². The van der Waals surface area contributed by atoms with E-state index in [1.54, 1.807) is 18.4 Å². The quantitative estimate of drug-likeness (QED) is 0.834. The maximum Gasteiger partial charge on any atom is 0.343 e. The molecule has 0 saturated heterocycles. The standard InChI is InChI=1S/C9H11BrN4OS2/c1-14-8(15)12-13-9(14)17-6(4-11)5-2-3-7(10)16-5/h2-3,6H,4,11H2,1H3,(H,12,15). The Morgan fingerprint density at radius 1 is 1.71 bits per heavy atom. The molecule has 0 aliphatic rings. The maximum atomic E-state index is 11.2. The third kappa shape index (κ3) is 2.82. The summed E-state index contributed by atoms with van der Waals surface area (Å²) in [5.74, 6) is 0. The van der Waals surface area contributed by atoms with Crippen molar-refractivity contribution in [1.29, 1.82) is 0 Å². The van der Waals surface area contributed by atoms with Gasteiger partial charge in [0.25, 0.3) is 0 Å². The van der Waals surface area contributed by atoms with Gasteiger partial charge in [-0.3, -0.25) is 4.57 Å². The van der Waals surface area contributed by atoms with E-state index < -0.39 is 0 Å². The highest BCUT2D eigenvalue weighted by Gasteiger charge is 2.17. The molecule has 0 saturated carbocycles. The van der Waals surface area contributed by atoms with Crippen molar-refractivity contribution in [2.75, 3.05) is 6.54 Å². The number of hydrogen-bond donors (Lipinski definition) is 2. The lowest BCUT2D eigenvalue weighted by molar-refractivity contribution is 0.761. The lowest BCUT2D eigenvalue weighted by Gasteiger charge is -2.10. The predicted molar refractivity (Wildman–Crippen MR) is 73.5 cm³/mol. The first kappa shape index (κ1) is 12.9. The van der Waals surface area contributed by atoms with E-state index in [4.69, 9.17) is 5.73 Å². The normalized spacial score (nSPS) is 12.9. The third-order valence-electron chi connectivity index (χ3n) is 2.21. The van der Waals surface area contributed by atoms with Gasteiger partial charge in [-0.2, -0.15) is 0 Å².